The van der Waals surface area contributed by atoms with E-state index in [2.05, 4.69) is 29.1 Å². The molecule has 0 bridgehead atoms. The van der Waals surface area contributed by atoms with Crippen LogP contribution < -0.4 is 10.1 Å². The summed E-state index contributed by atoms with van der Waals surface area (Å²) in [6.07, 6.45) is 6.22. The molecule has 1 N–H and O–H groups in total. The van der Waals surface area contributed by atoms with Crippen LogP contribution in [0.3, 0.4) is 0 Å². The lowest BCUT2D eigenvalue weighted by atomic mass is 9.75. The molecule has 0 amide bonds. The van der Waals surface area contributed by atoms with E-state index < -0.39 is 0 Å². The van der Waals surface area contributed by atoms with Gasteiger partial charge in [0.2, 0.25) is 0 Å². The third kappa shape index (κ3) is 3.05. The molecule has 2 rings (SSSR count). The van der Waals surface area contributed by atoms with Crippen LogP contribution in [0, 0.1) is 5.41 Å². The minimum absolute atomic E-state index is 0.353. The van der Waals surface area contributed by atoms with Crippen molar-refractivity contribution in [2.75, 3.05) is 12.4 Å². The number of aromatic nitrogens is 2. The van der Waals surface area contributed by atoms with Gasteiger partial charge in [0.1, 0.15) is 6.33 Å². The topological polar surface area (TPSA) is 47.0 Å². The average Bonchev–Trinajstić information content (AvgIpc) is 2.32. The molecule has 18 heavy (non-hydrogen) atoms. The van der Waals surface area contributed by atoms with Crippen molar-refractivity contribution in [2.24, 2.45) is 5.41 Å². The Labute approximate surface area is 113 Å². The normalized spacial score (nSPS) is 19.6. The Kier molecular flexibility index (Phi) is 3.95. The number of anilines is 1. The van der Waals surface area contributed by atoms with Gasteiger partial charge in [0.05, 0.1) is 7.11 Å². The van der Waals surface area contributed by atoms with Crippen molar-refractivity contribution in [2.45, 2.75) is 45.6 Å². The zero-order chi connectivity index (χ0) is 13.2. The highest BCUT2D eigenvalue weighted by Crippen LogP contribution is 2.37. The maximum absolute atomic E-state index is 5.98. The van der Waals surface area contributed by atoms with Crippen molar-refractivity contribution in [3.63, 3.8) is 0 Å². The third-order valence-corrected chi connectivity index (χ3v) is 3.91. The molecule has 1 aliphatic carbocycles. The third-order valence-electron chi connectivity index (χ3n) is 3.64. The number of rotatable bonds is 3. The Morgan fingerprint density at radius 3 is 2.61 bits per heavy atom. The summed E-state index contributed by atoms with van der Waals surface area (Å²) in [5.41, 5.74) is 0.464. The molecule has 0 aromatic carbocycles. The van der Waals surface area contributed by atoms with Crippen LogP contribution in [0.2, 0.25) is 5.15 Å². The van der Waals surface area contributed by atoms with Crippen molar-refractivity contribution in [3.8, 4) is 5.75 Å². The van der Waals surface area contributed by atoms with Crippen LogP contribution in [0.5, 0.6) is 5.75 Å². The molecule has 0 aliphatic heterocycles. The number of hydrogen-bond donors (Lipinski definition) is 1. The summed E-state index contributed by atoms with van der Waals surface area (Å²) >= 11 is 5.98. The Hall–Kier alpha value is -1.03. The zero-order valence-corrected chi connectivity index (χ0v) is 11.9. The second-order valence-electron chi connectivity index (χ2n) is 5.63. The second kappa shape index (κ2) is 5.31. The predicted octanol–water partition coefficient (Wildman–Crippen LogP) is 3.52. The Bertz CT molecular complexity index is 413. The molecule has 1 aromatic rings. The minimum Gasteiger partial charge on any atom is -0.490 e. The molecule has 5 heteroatoms. The standard InChI is InChI=1S/C13H20ClN3O/c1-13(2)6-4-9(5-7-13)17-12-10(18-3)11(14)15-8-16-12/h8-9H,4-7H2,1-3H3,(H,15,16,17). The fraction of sp³-hybridized carbons (Fsp3) is 0.692. The zero-order valence-electron chi connectivity index (χ0n) is 11.2. The smallest absolute Gasteiger partial charge is 0.198 e. The predicted molar refractivity (Wildman–Crippen MR) is 73.3 cm³/mol. The molecule has 1 heterocycles. The summed E-state index contributed by atoms with van der Waals surface area (Å²) in [6, 6.07) is 0.442. The fourth-order valence-corrected chi connectivity index (χ4v) is 2.58. The summed E-state index contributed by atoms with van der Waals surface area (Å²) < 4.78 is 5.24. The van der Waals surface area contributed by atoms with Crippen LogP contribution in [0.15, 0.2) is 6.33 Å². The van der Waals surface area contributed by atoms with Gasteiger partial charge in [0.15, 0.2) is 16.7 Å². The van der Waals surface area contributed by atoms with Gasteiger partial charge in [-0.3, -0.25) is 0 Å². The molecule has 0 radical (unpaired) electrons. The van der Waals surface area contributed by atoms with E-state index in [1.54, 1.807) is 7.11 Å². The number of ether oxygens (including phenoxy) is 1. The molecule has 1 aromatic heterocycles. The SMILES string of the molecule is COc1c(Cl)ncnc1NC1CCC(C)(C)CC1. The van der Waals surface area contributed by atoms with Crippen LogP contribution >= 0.6 is 11.6 Å². The molecule has 0 saturated heterocycles. The van der Waals surface area contributed by atoms with Gasteiger partial charge in [0, 0.05) is 6.04 Å². The van der Waals surface area contributed by atoms with Crippen molar-refractivity contribution in [1.29, 1.82) is 0 Å². The minimum atomic E-state index is 0.353. The van der Waals surface area contributed by atoms with Gasteiger partial charge < -0.3 is 10.1 Å². The van der Waals surface area contributed by atoms with Gasteiger partial charge >= 0.3 is 0 Å². The van der Waals surface area contributed by atoms with E-state index in [1.807, 2.05) is 0 Å². The summed E-state index contributed by atoms with van der Waals surface area (Å²) in [5.74, 6) is 1.23. The molecule has 0 unspecified atom stereocenters. The number of methoxy groups -OCH3 is 1. The summed E-state index contributed by atoms with van der Waals surface area (Å²) in [5, 5.41) is 3.77. The maximum atomic E-state index is 5.98. The monoisotopic (exact) mass is 269 g/mol. The highest BCUT2D eigenvalue weighted by molar-refractivity contribution is 6.31. The first-order valence-electron chi connectivity index (χ1n) is 6.33. The van der Waals surface area contributed by atoms with Gasteiger partial charge in [-0.25, -0.2) is 9.97 Å². The molecule has 100 valence electrons. The van der Waals surface area contributed by atoms with Crippen molar-refractivity contribution in [3.05, 3.63) is 11.5 Å². The Morgan fingerprint density at radius 1 is 1.33 bits per heavy atom. The van der Waals surface area contributed by atoms with E-state index in [1.165, 1.54) is 19.2 Å². The highest BCUT2D eigenvalue weighted by atomic mass is 35.5. The van der Waals surface area contributed by atoms with E-state index in [9.17, 15) is 0 Å². The lowest BCUT2D eigenvalue weighted by molar-refractivity contribution is 0.232. The number of hydrogen-bond acceptors (Lipinski definition) is 4. The molecule has 0 atom stereocenters. The van der Waals surface area contributed by atoms with Crippen LogP contribution in [-0.4, -0.2) is 23.1 Å². The first-order valence-corrected chi connectivity index (χ1v) is 6.71. The Morgan fingerprint density at radius 2 is 2.00 bits per heavy atom. The van der Waals surface area contributed by atoms with Crippen LogP contribution in [0.4, 0.5) is 5.82 Å². The van der Waals surface area contributed by atoms with Crippen molar-refractivity contribution >= 4 is 17.4 Å². The van der Waals surface area contributed by atoms with E-state index in [-0.39, 0.29) is 0 Å². The van der Waals surface area contributed by atoms with E-state index in [0.29, 0.717) is 28.2 Å². The molecular formula is C13H20ClN3O. The molecule has 0 spiro atoms. The van der Waals surface area contributed by atoms with Gasteiger partial charge in [-0.2, -0.15) is 0 Å². The van der Waals surface area contributed by atoms with Gasteiger partial charge in [0.25, 0.3) is 0 Å². The molecule has 1 saturated carbocycles. The largest absolute Gasteiger partial charge is 0.490 e. The average molecular weight is 270 g/mol. The van der Waals surface area contributed by atoms with Crippen LogP contribution in [-0.2, 0) is 0 Å². The summed E-state index contributed by atoms with van der Waals surface area (Å²) in [7, 11) is 1.58. The van der Waals surface area contributed by atoms with Crippen LogP contribution in [0.25, 0.3) is 0 Å². The second-order valence-corrected chi connectivity index (χ2v) is 5.99. The summed E-state index contributed by atoms with van der Waals surface area (Å²) in [6.45, 7) is 4.65. The van der Waals surface area contributed by atoms with E-state index >= 15 is 0 Å². The van der Waals surface area contributed by atoms with Crippen molar-refractivity contribution < 1.29 is 4.74 Å². The molecule has 1 fully saturated rings. The molecule has 1 aliphatic rings. The quantitative estimate of drug-likeness (QED) is 0.853. The fourth-order valence-electron chi connectivity index (χ4n) is 2.37. The number of halogens is 1. The first kappa shape index (κ1) is 13.4. The molecular weight excluding hydrogens is 250 g/mol. The van der Waals surface area contributed by atoms with Gasteiger partial charge in [-0.15, -0.1) is 0 Å². The summed E-state index contributed by atoms with van der Waals surface area (Å²) in [4.78, 5) is 8.13. The lowest BCUT2D eigenvalue weighted by Gasteiger charge is -2.34. The van der Waals surface area contributed by atoms with Gasteiger partial charge in [-0.05, 0) is 31.1 Å². The number of nitrogens with zero attached hydrogens (tertiary/aromatic N) is 2. The van der Waals surface area contributed by atoms with E-state index in [4.69, 9.17) is 16.3 Å². The van der Waals surface area contributed by atoms with Crippen LogP contribution in [0.1, 0.15) is 39.5 Å². The lowest BCUT2D eigenvalue weighted by Crippen LogP contribution is -2.30. The highest BCUT2D eigenvalue weighted by Gasteiger charge is 2.27. The van der Waals surface area contributed by atoms with Gasteiger partial charge in [-0.1, -0.05) is 25.4 Å². The Balaban J connectivity index is 2.04. The maximum Gasteiger partial charge on any atom is 0.198 e. The first-order chi connectivity index (χ1) is 8.52. The number of nitrogens with one attached hydrogen (secondary N) is 1. The van der Waals surface area contributed by atoms with E-state index in [0.717, 1.165) is 12.8 Å². The van der Waals surface area contributed by atoms with Crippen molar-refractivity contribution in [1.82, 2.24) is 9.97 Å². The molecule has 4 nitrogen and oxygen atoms in total.